The van der Waals surface area contributed by atoms with E-state index in [9.17, 15) is 23.9 Å². The van der Waals surface area contributed by atoms with Crippen LogP contribution in [0.1, 0.15) is 36.8 Å². The van der Waals surface area contributed by atoms with Gasteiger partial charge in [-0.15, -0.1) is 0 Å². The van der Waals surface area contributed by atoms with Crippen molar-refractivity contribution in [2.45, 2.75) is 44.2 Å². The highest BCUT2D eigenvalue weighted by Gasteiger charge is 2.48. The van der Waals surface area contributed by atoms with Gasteiger partial charge in [0.15, 0.2) is 5.54 Å². The molecule has 172 valence electrons. The minimum Gasteiger partial charge on any atom is -0.479 e. The van der Waals surface area contributed by atoms with Crippen molar-refractivity contribution < 1.29 is 28.6 Å². The molecule has 1 aliphatic heterocycles. The molecule has 2 aromatic carbocycles. The van der Waals surface area contributed by atoms with Gasteiger partial charge in [-0.05, 0) is 54.7 Å². The number of likely N-dealkylation sites (tertiary alicyclic amines) is 1. The van der Waals surface area contributed by atoms with Gasteiger partial charge in [-0.25, -0.2) is 14.0 Å². The van der Waals surface area contributed by atoms with Crippen LogP contribution in [0.15, 0.2) is 48.5 Å². The van der Waals surface area contributed by atoms with Crippen LogP contribution in [0, 0.1) is 17.1 Å². The van der Waals surface area contributed by atoms with Crippen molar-refractivity contribution in [2.75, 3.05) is 11.9 Å². The topological polar surface area (TPSA) is 120 Å². The van der Waals surface area contributed by atoms with Crippen LogP contribution in [-0.4, -0.2) is 40.1 Å². The van der Waals surface area contributed by atoms with Gasteiger partial charge >= 0.3 is 12.1 Å². The third kappa shape index (κ3) is 5.86. The second kappa shape index (κ2) is 10.6. The van der Waals surface area contributed by atoms with Gasteiger partial charge in [-0.2, -0.15) is 5.26 Å². The first-order valence-electron chi connectivity index (χ1n) is 10.5. The number of nitrogens with one attached hydrogen (secondary N) is 1. The van der Waals surface area contributed by atoms with Crippen molar-refractivity contribution in [1.82, 2.24) is 4.90 Å². The average molecular weight is 453 g/mol. The number of rotatable bonds is 7. The molecule has 2 amide bonds. The number of aliphatic carboxylic acids is 1. The maximum Gasteiger partial charge on any atom is 0.411 e. The number of amides is 2. The van der Waals surface area contributed by atoms with E-state index in [-0.39, 0.29) is 44.1 Å². The number of carbonyl (C=O) groups is 3. The summed E-state index contributed by atoms with van der Waals surface area (Å²) in [5.74, 6) is -1.83. The molecule has 0 radical (unpaired) electrons. The molecule has 8 nitrogen and oxygen atoms in total. The van der Waals surface area contributed by atoms with Crippen LogP contribution in [0.5, 0.6) is 0 Å². The van der Waals surface area contributed by atoms with Crippen molar-refractivity contribution in [3.63, 3.8) is 0 Å². The van der Waals surface area contributed by atoms with Crippen LogP contribution in [0.4, 0.5) is 14.9 Å². The van der Waals surface area contributed by atoms with Gasteiger partial charge in [0.05, 0.1) is 18.9 Å². The summed E-state index contributed by atoms with van der Waals surface area (Å²) < 4.78 is 18.3. The predicted molar refractivity (Wildman–Crippen MR) is 117 cm³/mol. The number of hydrogen-bond donors (Lipinski definition) is 2. The molecule has 1 unspecified atom stereocenters. The van der Waals surface area contributed by atoms with E-state index < -0.39 is 17.6 Å². The lowest BCUT2D eigenvalue weighted by Gasteiger charge is -2.41. The molecule has 1 fully saturated rings. The Bertz CT molecular complexity index is 1050. The maximum atomic E-state index is 13.0. The molecule has 0 aliphatic carbocycles. The highest BCUT2D eigenvalue weighted by atomic mass is 19.1. The summed E-state index contributed by atoms with van der Waals surface area (Å²) in [7, 11) is 0. The third-order valence-corrected chi connectivity index (χ3v) is 5.61. The van der Waals surface area contributed by atoms with E-state index in [1.807, 2.05) is 6.07 Å². The minimum atomic E-state index is -1.57. The molecular weight excluding hydrogens is 429 g/mol. The lowest BCUT2D eigenvalue weighted by atomic mass is 9.84. The van der Waals surface area contributed by atoms with Gasteiger partial charge in [0.1, 0.15) is 12.4 Å². The summed E-state index contributed by atoms with van der Waals surface area (Å²) in [5, 5.41) is 21.5. The van der Waals surface area contributed by atoms with Gasteiger partial charge in [0.2, 0.25) is 5.91 Å². The standard InChI is InChI=1S/C24H24FN3O5/c25-19-7-3-17(4-8-19)15-21(29)27-20-9-5-18(6-10-20)16-33-23(32)28-14-2-1-11-24(28,12-13-26)22(30)31/h3-10H,1-2,11-12,14-16H2,(H,27,29)(H,30,31). The monoisotopic (exact) mass is 453 g/mol. The summed E-state index contributed by atoms with van der Waals surface area (Å²) in [6.07, 6.45) is 0.488. The number of nitriles is 1. The number of anilines is 1. The Morgan fingerprint density at radius 2 is 1.76 bits per heavy atom. The van der Waals surface area contributed by atoms with Crippen molar-refractivity contribution in [3.05, 3.63) is 65.5 Å². The number of carboxylic acids is 1. The molecule has 2 N–H and O–H groups in total. The van der Waals surface area contributed by atoms with Gasteiger partial charge in [-0.1, -0.05) is 24.3 Å². The van der Waals surface area contributed by atoms with Crippen molar-refractivity contribution in [1.29, 1.82) is 5.26 Å². The second-order valence-corrected chi connectivity index (χ2v) is 7.88. The van der Waals surface area contributed by atoms with Crippen LogP contribution in [0.3, 0.4) is 0 Å². The fourth-order valence-corrected chi connectivity index (χ4v) is 3.82. The molecule has 0 saturated carbocycles. The van der Waals surface area contributed by atoms with Crippen LogP contribution < -0.4 is 5.32 Å². The predicted octanol–water partition coefficient (Wildman–Crippen LogP) is 3.87. The molecule has 0 bridgehead atoms. The maximum absolute atomic E-state index is 13.0. The summed E-state index contributed by atoms with van der Waals surface area (Å²) in [4.78, 5) is 37.8. The summed E-state index contributed by atoms with van der Waals surface area (Å²) >= 11 is 0. The highest BCUT2D eigenvalue weighted by Crippen LogP contribution is 2.32. The molecule has 3 rings (SSSR count). The number of ether oxygens (including phenoxy) is 1. The van der Waals surface area contributed by atoms with Crippen molar-refractivity contribution in [3.8, 4) is 6.07 Å². The molecular formula is C24H24FN3O5. The highest BCUT2D eigenvalue weighted by molar-refractivity contribution is 5.92. The molecule has 1 aliphatic rings. The fourth-order valence-electron chi connectivity index (χ4n) is 3.82. The first-order valence-corrected chi connectivity index (χ1v) is 10.5. The smallest absolute Gasteiger partial charge is 0.411 e. The van der Waals surface area contributed by atoms with Gasteiger partial charge in [-0.3, -0.25) is 9.69 Å². The first-order chi connectivity index (χ1) is 15.8. The number of benzene rings is 2. The Morgan fingerprint density at radius 3 is 2.39 bits per heavy atom. The first kappa shape index (κ1) is 23.7. The van der Waals surface area contributed by atoms with Crippen LogP contribution in [0.2, 0.25) is 0 Å². The molecule has 1 atom stereocenters. The fraction of sp³-hybridized carbons (Fsp3) is 0.333. The summed E-state index contributed by atoms with van der Waals surface area (Å²) in [6.45, 7) is 0.132. The number of hydrogen-bond acceptors (Lipinski definition) is 5. The zero-order valence-electron chi connectivity index (χ0n) is 17.9. The lowest BCUT2D eigenvalue weighted by Crippen LogP contribution is -2.59. The molecule has 1 saturated heterocycles. The Hall–Kier alpha value is -3.93. The molecule has 33 heavy (non-hydrogen) atoms. The second-order valence-electron chi connectivity index (χ2n) is 7.88. The zero-order chi connectivity index (χ0) is 23.8. The number of halogens is 1. The van der Waals surface area contributed by atoms with Crippen molar-refractivity contribution >= 4 is 23.7 Å². The Morgan fingerprint density at radius 1 is 1.09 bits per heavy atom. The Kier molecular flexibility index (Phi) is 7.61. The Balaban J connectivity index is 1.55. The van der Waals surface area contributed by atoms with Crippen LogP contribution in [-0.2, 0) is 27.4 Å². The van der Waals surface area contributed by atoms with Gasteiger partial charge < -0.3 is 15.2 Å². The van der Waals surface area contributed by atoms with Gasteiger partial charge in [0, 0.05) is 12.2 Å². The number of nitrogens with zero attached hydrogens (tertiary/aromatic N) is 2. The molecule has 0 aromatic heterocycles. The largest absolute Gasteiger partial charge is 0.479 e. The van der Waals surface area contributed by atoms with Crippen molar-refractivity contribution in [2.24, 2.45) is 0 Å². The lowest BCUT2D eigenvalue weighted by molar-refractivity contribution is -0.152. The summed E-state index contributed by atoms with van der Waals surface area (Å²) in [5.41, 5.74) is 0.317. The van der Waals surface area contributed by atoms with Crippen LogP contribution in [0.25, 0.3) is 0 Å². The average Bonchev–Trinajstić information content (AvgIpc) is 2.80. The SMILES string of the molecule is N#CCC1(C(=O)O)CCCCN1C(=O)OCc1ccc(NC(=O)Cc2ccc(F)cc2)cc1. The van der Waals surface area contributed by atoms with E-state index in [4.69, 9.17) is 10.00 Å². The normalized spacial score (nSPS) is 17.6. The number of piperidine rings is 1. The zero-order valence-corrected chi connectivity index (χ0v) is 17.9. The Labute approximate surface area is 190 Å². The quantitative estimate of drug-likeness (QED) is 0.657. The van der Waals surface area contributed by atoms with E-state index in [1.165, 1.54) is 12.1 Å². The molecule has 1 heterocycles. The number of carbonyl (C=O) groups excluding carboxylic acids is 2. The van der Waals surface area contributed by atoms with Crippen LogP contribution >= 0.6 is 0 Å². The van der Waals surface area contributed by atoms with E-state index in [1.54, 1.807) is 36.4 Å². The minimum absolute atomic E-state index is 0.0820. The van der Waals surface area contributed by atoms with E-state index >= 15 is 0 Å². The molecule has 0 spiro atoms. The summed E-state index contributed by atoms with van der Waals surface area (Å²) in [6, 6.07) is 14.2. The molecule has 9 heteroatoms. The molecule has 2 aromatic rings. The van der Waals surface area contributed by atoms with E-state index in [0.29, 0.717) is 29.7 Å². The van der Waals surface area contributed by atoms with Gasteiger partial charge in [0.25, 0.3) is 0 Å². The number of carboxylic acid groups (broad SMARTS) is 1. The van der Waals surface area contributed by atoms with E-state index in [2.05, 4.69) is 5.32 Å². The van der Waals surface area contributed by atoms with E-state index in [0.717, 1.165) is 4.90 Å². The third-order valence-electron chi connectivity index (χ3n) is 5.61.